The minimum Gasteiger partial charge on any atom is -0.149 e. The largest absolute Gasteiger partial charge is 0.149 e. The quantitative estimate of drug-likeness (QED) is 0.504. The van der Waals surface area contributed by atoms with E-state index < -0.39 is 0 Å². The Morgan fingerprint density at radius 1 is 1.13 bits per heavy atom. The van der Waals surface area contributed by atoms with Gasteiger partial charge in [-0.3, -0.25) is 0 Å². The predicted octanol–water partition coefficient (Wildman–Crippen LogP) is 5.60. The summed E-state index contributed by atoms with van der Waals surface area (Å²) >= 11 is 1.92. The number of hydrogen-bond donors (Lipinski definition) is 0. The summed E-state index contributed by atoms with van der Waals surface area (Å²) in [5.41, 5.74) is 0. The van der Waals surface area contributed by atoms with Gasteiger partial charge in [-0.25, -0.2) is 0 Å². The second kappa shape index (κ2) is 7.92. The van der Waals surface area contributed by atoms with Crippen molar-refractivity contribution in [2.45, 2.75) is 64.7 Å². The molecule has 0 bridgehead atoms. The standard InChI is InChI=1S/C14H24S/c1-3-5-6-7-8-10-13(4-2)14-11-9-12-15-14/h9,11-13H,3-8,10H2,1-2H3. The van der Waals surface area contributed by atoms with E-state index in [1.807, 2.05) is 11.3 Å². The van der Waals surface area contributed by atoms with Crippen LogP contribution in [0.2, 0.25) is 0 Å². The summed E-state index contributed by atoms with van der Waals surface area (Å²) in [4.78, 5) is 1.59. The zero-order valence-corrected chi connectivity index (χ0v) is 11.0. The molecule has 0 aliphatic carbocycles. The molecule has 1 heteroatoms. The van der Waals surface area contributed by atoms with Crippen LogP contribution in [0.5, 0.6) is 0 Å². The highest BCUT2D eigenvalue weighted by Crippen LogP contribution is 2.29. The first-order valence-corrected chi connectivity index (χ1v) is 7.29. The summed E-state index contributed by atoms with van der Waals surface area (Å²) in [7, 11) is 0. The van der Waals surface area contributed by atoms with Crippen LogP contribution in [-0.4, -0.2) is 0 Å². The first kappa shape index (κ1) is 12.8. The van der Waals surface area contributed by atoms with Gasteiger partial charge >= 0.3 is 0 Å². The van der Waals surface area contributed by atoms with Crippen molar-refractivity contribution >= 4 is 11.3 Å². The van der Waals surface area contributed by atoms with Crippen molar-refractivity contribution in [3.05, 3.63) is 22.4 Å². The molecule has 15 heavy (non-hydrogen) atoms. The van der Waals surface area contributed by atoms with E-state index in [2.05, 4.69) is 31.4 Å². The molecule has 1 aromatic heterocycles. The monoisotopic (exact) mass is 224 g/mol. The summed E-state index contributed by atoms with van der Waals surface area (Å²) in [6.45, 7) is 4.59. The van der Waals surface area contributed by atoms with Gasteiger partial charge in [-0.2, -0.15) is 0 Å². The Balaban J connectivity index is 2.18. The molecule has 0 spiro atoms. The molecule has 1 heterocycles. The summed E-state index contributed by atoms with van der Waals surface area (Å²) in [6, 6.07) is 4.48. The van der Waals surface area contributed by atoms with Gasteiger partial charge in [0.1, 0.15) is 0 Å². The van der Waals surface area contributed by atoms with Crippen LogP contribution in [0.15, 0.2) is 17.5 Å². The van der Waals surface area contributed by atoms with Crippen molar-refractivity contribution in [1.29, 1.82) is 0 Å². The van der Waals surface area contributed by atoms with E-state index in [9.17, 15) is 0 Å². The fourth-order valence-electron chi connectivity index (χ4n) is 2.07. The lowest BCUT2D eigenvalue weighted by molar-refractivity contribution is 0.540. The minimum atomic E-state index is 0.826. The molecule has 0 aliphatic rings. The molecule has 1 unspecified atom stereocenters. The van der Waals surface area contributed by atoms with Gasteiger partial charge in [0.2, 0.25) is 0 Å². The van der Waals surface area contributed by atoms with E-state index in [1.165, 1.54) is 44.9 Å². The highest BCUT2D eigenvalue weighted by molar-refractivity contribution is 7.10. The van der Waals surface area contributed by atoms with Crippen LogP contribution in [0.1, 0.15) is 69.6 Å². The number of rotatable bonds is 8. The van der Waals surface area contributed by atoms with Crippen molar-refractivity contribution in [3.8, 4) is 0 Å². The fraction of sp³-hybridized carbons (Fsp3) is 0.714. The van der Waals surface area contributed by atoms with Gasteiger partial charge in [0.05, 0.1) is 0 Å². The molecule has 0 aromatic carbocycles. The highest BCUT2D eigenvalue weighted by Gasteiger charge is 2.09. The molecule has 1 aromatic rings. The molecule has 0 radical (unpaired) electrons. The highest BCUT2D eigenvalue weighted by atomic mass is 32.1. The maximum atomic E-state index is 2.32. The van der Waals surface area contributed by atoms with E-state index in [0.29, 0.717) is 0 Å². The van der Waals surface area contributed by atoms with Crippen LogP contribution >= 0.6 is 11.3 Å². The topological polar surface area (TPSA) is 0 Å². The van der Waals surface area contributed by atoms with Crippen molar-refractivity contribution in [3.63, 3.8) is 0 Å². The molecule has 0 saturated heterocycles. The Morgan fingerprint density at radius 2 is 1.93 bits per heavy atom. The summed E-state index contributed by atoms with van der Waals surface area (Å²) in [5, 5.41) is 2.20. The molecule has 0 amide bonds. The Bertz CT molecular complexity index is 225. The summed E-state index contributed by atoms with van der Waals surface area (Å²) < 4.78 is 0. The van der Waals surface area contributed by atoms with Gasteiger partial charge in [-0.1, -0.05) is 52.0 Å². The van der Waals surface area contributed by atoms with Crippen LogP contribution < -0.4 is 0 Å². The fourth-order valence-corrected chi connectivity index (χ4v) is 3.01. The molecular weight excluding hydrogens is 200 g/mol. The summed E-state index contributed by atoms with van der Waals surface area (Å²) in [6.07, 6.45) is 9.72. The molecule has 0 aliphatic heterocycles. The first-order valence-electron chi connectivity index (χ1n) is 6.41. The van der Waals surface area contributed by atoms with Crippen molar-refractivity contribution in [1.82, 2.24) is 0 Å². The molecule has 86 valence electrons. The predicted molar refractivity (Wildman–Crippen MR) is 70.7 cm³/mol. The van der Waals surface area contributed by atoms with Crippen LogP contribution in [0.3, 0.4) is 0 Å². The van der Waals surface area contributed by atoms with Gasteiger partial charge < -0.3 is 0 Å². The van der Waals surface area contributed by atoms with Gasteiger partial charge in [0.25, 0.3) is 0 Å². The van der Waals surface area contributed by atoms with Crippen LogP contribution in [0, 0.1) is 0 Å². The van der Waals surface area contributed by atoms with Crippen molar-refractivity contribution in [2.24, 2.45) is 0 Å². The number of unbranched alkanes of at least 4 members (excludes halogenated alkanes) is 4. The lowest BCUT2D eigenvalue weighted by Gasteiger charge is -2.12. The normalized spacial score (nSPS) is 12.9. The Hall–Kier alpha value is -0.300. The Morgan fingerprint density at radius 3 is 2.53 bits per heavy atom. The van der Waals surface area contributed by atoms with Crippen molar-refractivity contribution in [2.75, 3.05) is 0 Å². The lowest BCUT2D eigenvalue weighted by Crippen LogP contribution is -1.94. The third kappa shape index (κ3) is 4.83. The average Bonchev–Trinajstić information content (AvgIpc) is 2.77. The Labute approximate surface area is 98.7 Å². The molecule has 1 atom stereocenters. The molecular formula is C14H24S. The lowest BCUT2D eigenvalue weighted by atomic mass is 9.96. The van der Waals surface area contributed by atoms with Crippen LogP contribution in [-0.2, 0) is 0 Å². The molecule has 1 rings (SSSR count). The minimum absolute atomic E-state index is 0.826. The maximum absolute atomic E-state index is 2.32. The summed E-state index contributed by atoms with van der Waals surface area (Å²) in [5.74, 6) is 0.826. The SMILES string of the molecule is CCCCCCCC(CC)c1cccs1. The molecule has 0 nitrogen and oxygen atoms in total. The molecule has 0 saturated carbocycles. The van der Waals surface area contributed by atoms with Gasteiger partial charge in [0, 0.05) is 4.88 Å². The third-order valence-corrected chi connectivity index (χ3v) is 4.13. The molecule has 0 N–H and O–H groups in total. The van der Waals surface area contributed by atoms with Crippen LogP contribution in [0.4, 0.5) is 0 Å². The van der Waals surface area contributed by atoms with Gasteiger partial charge in [-0.05, 0) is 30.2 Å². The van der Waals surface area contributed by atoms with Crippen molar-refractivity contribution < 1.29 is 0 Å². The van der Waals surface area contributed by atoms with E-state index in [4.69, 9.17) is 0 Å². The second-order valence-corrected chi connectivity index (χ2v) is 5.30. The van der Waals surface area contributed by atoms with Gasteiger partial charge in [0.15, 0.2) is 0 Å². The van der Waals surface area contributed by atoms with E-state index in [0.717, 1.165) is 5.92 Å². The second-order valence-electron chi connectivity index (χ2n) is 4.32. The zero-order valence-electron chi connectivity index (χ0n) is 10.2. The number of hydrogen-bond acceptors (Lipinski definition) is 1. The van der Waals surface area contributed by atoms with Crippen LogP contribution in [0.25, 0.3) is 0 Å². The number of thiophene rings is 1. The van der Waals surface area contributed by atoms with Gasteiger partial charge in [-0.15, -0.1) is 11.3 Å². The maximum Gasteiger partial charge on any atom is 0.00760 e. The molecule has 0 fully saturated rings. The first-order chi connectivity index (χ1) is 7.38. The van der Waals surface area contributed by atoms with E-state index >= 15 is 0 Å². The zero-order chi connectivity index (χ0) is 10.9. The van der Waals surface area contributed by atoms with E-state index in [-0.39, 0.29) is 0 Å². The average molecular weight is 224 g/mol. The Kier molecular flexibility index (Phi) is 6.74. The smallest absolute Gasteiger partial charge is 0.00760 e. The van der Waals surface area contributed by atoms with E-state index in [1.54, 1.807) is 4.88 Å². The third-order valence-electron chi connectivity index (χ3n) is 3.09.